The van der Waals surface area contributed by atoms with Gasteiger partial charge in [-0.3, -0.25) is 77.9 Å². The van der Waals surface area contributed by atoms with Crippen LogP contribution >= 0.6 is 0 Å². The molecular formula is C103H78F12N20O15. The van der Waals surface area contributed by atoms with Crippen LogP contribution in [0.15, 0.2) is 214 Å². The summed E-state index contributed by atoms with van der Waals surface area (Å²) >= 11 is 0. The van der Waals surface area contributed by atoms with Gasteiger partial charge in [0.2, 0.25) is 45.8 Å². The number of nitrogens with two attached hydrogens (primary N) is 4. The van der Waals surface area contributed by atoms with E-state index in [4.69, 9.17) is 56.8 Å². The number of aliphatic hydroxyl groups is 1. The highest BCUT2D eigenvalue weighted by molar-refractivity contribution is 6.13. The zero-order valence-electron chi connectivity index (χ0n) is 78.6. The number of halogens is 12. The number of aryl methyl sites for hydroxylation is 4. The molecule has 8 aromatic carbocycles. The van der Waals surface area contributed by atoms with E-state index in [-0.39, 0.29) is 159 Å². The maximum absolute atomic E-state index is 13.4. The van der Waals surface area contributed by atoms with Crippen LogP contribution in [0.5, 0.6) is 0 Å². The first-order valence-corrected chi connectivity index (χ1v) is 44.7. The van der Waals surface area contributed by atoms with E-state index in [0.29, 0.717) is 67.3 Å². The van der Waals surface area contributed by atoms with Crippen molar-refractivity contribution < 1.29 is 125 Å². The Morgan fingerprint density at radius 3 is 0.773 bits per heavy atom. The molecule has 12 aromatic rings. The molecule has 35 nitrogen and oxygen atoms in total. The smallest absolute Gasteiger partial charge is 0.422 e. The molecule has 0 aliphatic carbocycles. The zero-order valence-corrected chi connectivity index (χ0v) is 78.6. The van der Waals surface area contributed by atoms with Gasteiger partial charge in [0.05, 0.1) is 48.4 Å². The van der Waals surface area contributed by atoms with Gasteiger partial charge in [-0.15, -0.1) is 0 Å². The van der Waals surface area contributed by atoms with Gasteiger partial charge in [0.1, 0.15) is 52.2 Å². The molecule has 12 heterocycles. The minimum atomic E-state index is -4.54. The third-order valence-corrected chi connectivity index (χ3v) is 24.2. The molecule has 0 fully saturated rings. The number of anilines is 8. The summed E-state index contributed by atoms with van der Waals surface area (Å²) in [6, 6.07) is 51.4. The maximum atomic E-state index is 13.4. The highest BCUT2D eigenvalue weighted by Crippen LogP contribution is 2.54. The third-order valence-electron chi connectivity index (χ3n) is 24.2. The number of hydrogen-bond donors (Lipinski definition) is 5. The summed E-state index contributed by atoms with van der Waals surface area (Å²) in [5.41, 5.74) is 21.7. The van der Waals surface area contributed by atoms with E-state index in [0.717, 1.165) is 85.6 Å². The number of hydrogen-bond acceptors (Lipinski definition) is 27. The molecule has 9 N–H and O–H groups in total. The van der Waals surface area contributed by atoms with Crippen molar-refractivity contribution in [2.75, 3.05) is 19.6 Å². The molecule has 4 unspecified atom stereocenters. The molecule has 8 amide bonds. The van der Waals surface area contributed by atoms with Crippen molar-refractivity contribution in [1.82, 2.24) is 39.9 Å². The van der Waals surface area contributed by atoms with Gasteiger partial charge in [0.15, 0.2) is 23.3 Å². The summed E-state index contributed by atoms with van der Waals surface area (Å²) in [6.45, 7) is 8.02. The lowest BCUT2D eigenvalue weighted by atomic mass is 9.96. The number of amides is 8. The van der Waals surface area contributed by atoms with E-state index >= 15 is 0 Å². The van der Waals surface area contributed by atoms with Gasteiger partial charge in [0, 0.05) is 69.4 Å². The fourth-order valence-electron chi connectivity index (χ4n) is 16.7. The Bertz CT molecular complexity index is 7620. The average molecular weight is 2060 g/mol. The summed E-state index contributed by atoms with van der Waals surface area (Å²) in [6.07, 6.45) is -3.50. The standard InChI is InChI=1S/C26H22F3N5O2.C25H20F3N5O2.C24H18F3N5O2.C23H16F3N5O2.C2H2O.3CO2/c1-2-3-5-15-6-4-7-18(12-15)34-20(35)13-19-21(22(30)36)32-23(33-24(19)34)16-8-10-17(11-9-16)25(14-31-25)26(27,28)29;1-2-4-14-5-3-6-17(11-14)33-19(34)12-18-20(21(29)35)31-22(32-23(18)33)15-7-9-16(10-8-15)24(13-30-24)25(26,27)28;1-2-13-4-3-5-16(10-13)32-18(33)11-17-19(20(28)34)30-21(31-22(17)32)14-6-8-15(9-7-14)23(12-29-23)24(25,26)27;1-12-3-2-4-15(9-12)31-17(32)10-16-18(19(27)33)29-20(30-21(16)31)13-5-7-14(8-6-13)22(11-28-22)23(24,25)26;1-2-3;3*2-1-3/h4,6-12,14H,2-3,5,13H2,1H3,(H2,30,36);3,5-11,13H,2,4,12H2,1H3,(H2,29,35);3-10,12H,2,11H2,1H3,(H2,28,34);2-9,11H,10H2,1H3,(H2,27,33);1,3H;;;. The number of aliphatic imine (C=N–C) groups is 4. The first-order valence-electron chi connectivity index (χ1n) is 44.7. The number of alkyl halides is 12. The molecule has 764 valence electrons. The molecule has 150 heavy (non-hydrogen) atoms. The van der Waals surface area contributed by atoms with Crippen molar-refractivity contribution in [2.45, 2.75) is 139 Å². The van der Waals surface area contributed by atoms with Crippen LogP contribution in [0.2, 0.25) is 0 Å². The summed E-state index contributed by atoms with van der Waals surface area (Å²) in [5.74, 6) is -3.19. The van der Waals surface area contributed by atoms with Gasteiger partial charge >= 0.3 is 43.2 Å². The number of carbonyl (C=O) groups excluding carboxylic acids is 14. The molecule has 8 aliphatic rings. The summed E-state index contributed by atoms with van der Waals surface area (Å²) in [5, 5.41) is 7.10. The number of aliphatic hydroxyl groups excluding tert-OH is 1. The molecule has 4 aromatic heterocycles. The van der Waals surface area contributed by atoms with Gasteiger partial charge in [-0.25, -0.2) is 39.9 Å². The quantitative estimate of drug-likeness (QED) is 0.0311. The van der Waals surface area contributed by atoms with E-state index in [2.05, 4.69) is 80.1 Å². The van der Waals surface area contributed by atoms with Gasteiger partial charge < -0.3 is 28.0 Å². The van der Waals surface area contributed by atoms with E-state index < -0.39 is 70.5 Å². The van der Waals surface area contributed by atoms with Gasteiger partial charge in [-0.2, -0.15) is 81.5 Å². The lowest BCUT2D eigenvalue weighted by molar-refractivity contribution is -0.193. The highest BCUT2D eigenvalue weighted by Gasteiger charge is 2.65. The van der Waals surface area contributed by atoms with Gasteiger partial charge in [-0.05, 0) is 126 Å². The largest absolute Gasteiger partial charge is 0.462 e. The third kappa shape index (κ3) is 22.1. The zero-order chi connectivity index (χ0) is 109. The minimum Gasteiger partial charge on any atom is -0.462 e. The average Bonchev–Trinajstić information content (AvgIpc) is 1.58. The van der Waals surface area contributed by atoms with Crippen LogP contribution in [0.3, 0.4) is 0 Å². The first-order chi connectivity index (χ1) is 71.2. The number of aromatic nitrogens is 8. The van der Waals surface area contributed by atoms with Crippen LogP contribution < -0.4 is 42.5 Å². The van der Waals surface area contributed by atoms with E-state index in [1.807, 2.05) is 74.5 Å². The van der Waals surface area contributed by atoms with E-state index in [1.54, 1.807) is 36.4 Å². The van der Waals surface area contributed by atoms with Crippen LogP contribution in [0.4, 0.5) is 98.7 Å². The Labute approximate surface area is 840 Å². The number of fused-ring (bicyclic) bond motifs is 4. The molecule has 0 saturated carbocycles. The second-order valence-corrected chi connectivity index (χ2v) is 33.7. The van der Waals surface area contributed by atoms with Crippen LogP contribution in [-0.4, -0.2) is 160 Å². The number of terminal acetylenes is 1. The monoisotopic (exact) mass is 2060 g/mol. The van der Waals surface area contributed by atoms with E-state index in [9.17, 15) is 91.0 Å². The topological polar surface area (TPSA) is 529 Å². The Kier molecular flexibility index (Phi) is 31.5. The lowest BCUT2D eigenvalue weighted by Gasteiger charge is -2.19. The van der Waals surface area contributed by atoms with Crippen molar-refractivity contribution in [3.63, 3.8) is 0 Å². The maximum Gasteiger partial charge on any atom is 0.422 e. The Morgan fingerprint density at radius 1 is 0.347 bits per heavy atom. The highest BCUT2D eigenvalue weighted by atomic mass is 19.4. The predicted molar refractivity (Wildman–Crippen MR) is 511 cm³/mol. The number of unbranched alkanes of at least 4 members (excludes halogenated alkanes) is 1. The van der Waals surface area contributed by atoms with E-state index in [1.165, 1.54) is 123 Å². The molecule has 4 atom stereocenters. The van der Waals surface area contributed by atoms with Crippen LogP contribution in [0.1, 0.15) is 149 Å². The van der Waals surface area contributed by atoms with Crippen molar-refractivity contribution in [3.05, 3.63) is 284 Å². The molecule has 47 heteroatoms. The lowest BCUT2D eigenvalue weighted by Crippen LogP contribution is -2.31. The van der Waals surface area contributed by atoms with Gasteiger partial charge in [-0.1, -0.05) is 186 Å². The number of rotatable bonds is 22. The van der Waals surface area contributed by atoms with Crippen LogP contribution in [0.25, 0.3) is 45.6 Å². The molecule has 0 saturated heterocycles. The second kappa shape index (κ2) is 43.6. The van der Waals surface area contributed by atoms with Gasteiger partial charge in [0.25, 0.3) is 23.6 Å². The number of primary amides is 4. The molecule has 8 aliphatic heterocycles. The SMILES string of the molecule is C#CO.CCCCc1cccc(N2C(=O)Cc3c(C(N)=O)nc(-c4ccc(C5(C(F)(F)F)C=N5)cc4)nc32)c1.CCCc1cccc(N2C(=O)Cc3c(C(N)=O)nc(-c4ccc(C5(C(F)(F)F)C=N5)cc4)nc32)c1.CCc1cccc(N2C(=O)Cc3c(C(N)=O)nc(-c4ccc(C5(C(F)(F)F)C=N5)cc4)nc32)c1.Cc1cccc(N2C(=O)Cc3c(C(N)=O)nc(-c4ccc(C5(C(F)(F)F)C=N5)cc4)nc32)c1.O=C=O.O=C=O.O=C=O. The first kappa shape index (κ1) is 108. The molecule has 20 rings (SSSR count). The second-order valence-electron chi connectivity index (χ2n) is 33.7. The summed E-state index contributed by atoms with van der Waals surface area (Å²) < 4.78 is 160. The summed E-state index contributed by atoms with van der Waals surface area (Å²) in [7, 11) is 0. The molecule has 0 spiro atoms. The van der Waals surface area contributed by atoms with Crippen LogP contribution in [0, 0.1) is 19.5 Å². The van der Waals surface area contributed by atoms with Crippen molar-refractivity contribution in [3.8, 4) is 58.1 Å². The molecule has 0 bridgehead atoms. The Hall–Kier alpha value is -18.8. The normalized spacial score (nSPS) is 17.4. The Balaban J connectivity index is 0.000000161. The minimum absolute atomic E-state index is 0.0317. The fourth-order valence-corrected chi connectivity index (χ4v) is 16.7. The summed E-state index contributed by atoms with van der Waals surface area (Å²) in [4.78, 5) is 204. The van der Waals surface area contributed by atoms with Crippen molar-refractivity contribution in [1.29, 1.82) is 0 Å². The number of nitrogens with zero attached hydrogens (tertiary/aromatic N) is 16. The van der Waals surface area contributed by atoms with Crippen molar-refractivity contribution >= 4 is 137 Å². The van der Waals surface area contributed by atoms with Crippen LogP contribution in [-0.2, 0) is 115 Å². The molecular weight excluding hydrogens is 1990 g/mol. The fraction of sp³-hybridized carbons (Fsp3) is 0.214. The predicted octanol–water partition coefficient (Wildman–Crippen LogP) is 14.6. The van der Waals surface area contributed by atoms with Crippen molar-refractivity contribution in [2.24, 2.45) is 42.9 Å². The molecule has 0 radical (unpaired) electrons. The number of carbonyl (C=O) groups is 8. The number of benzene rings is 8. The Morgan fingerprint density at radius 2 is 0.567 bits per heavy atom.